The average Bonchev–Trinajstić information content (AvgIpc) is 2.01. The predicted molar refractivity (Wildman–Crippen MR) is 50.4 cm³/mol. The highest BCUT2D eigenvalue weighted by atomic mass is 16.6. The summed E-state index contributed by atoms with van der Waals surface area (Å²) in [6.45, 7) is 6.20. The maximum atomic E-state index is 9.47. The maximum Gasteiger partial charge on any atom is 0.160 e. The molecule has 0 saturated carbocycles. The second-order valence-corrected chi connectivity index (χ2v) is 4.11. The van der Waals surface area contributed by atoms with Gasteiger partial charge in [0.2, 0.25) is 0 Å². The summed E-state index contributed by atoms with van der Waals surface area (Å²) < 4.78 is 11.0. The van der Waals surface area contributed by atoms with Gasteiger partial charge in [-0.15, -0.1) is 0 Å². The van der Waals surface area contributed by atoms with E-state index in [1.807, 2.05) is 0 Å². The smallest absolute Gasteiger partial charge is 0.160 e. The van der Waals surface area contributed by atoms with Gasteiger partial charge in [0, 0.05) is 6.61 Å². The molecule has 1 aliphatic heterocycles. The molecule has 3 nitrogen and oxygen atoms in total. The third kappa shape index (κ3) is 4.07. The zero-order valence-electron chi connectivity index (χ0n) is 8.75. The molecule has 13 heavy (non-hydrogen) atoms. The Morgan fingerprint density at radius 3 is 2.77 bits per heavy atom. The monoisotopic (exact) mass is 188 g/mol. The van der Waals surface area contributed by atoms with Gasteiger partial charge in [-0.25, -0.2) is 0 Å². The first-order chi connectivity index (χ1) is 6.01. The van der Waals surface area contributed by atoms with Crippen LogP contribution in [0.3, 0.4) is 0 Å². The molecule has 0 aromatic carbocycles. The van der Waals surface area contributed by atoms with Crippen molar-refractivity contribution in [3.05, 3.63) is 0 Å². The van der Waals surface area contributed by atoms with E-state index in [1.165, 1.54) is 0 Å². The number of aliphatic hydroxyl groups is 1. The molecule has 1 N–H and O–H groups in total. The van der Waals surface area contributed by atoms with E-state index >= 15 is 0 Å². The minimum absolute atomic E-state index is 0.152. The summed E-state index contributed by atoms with van der Waals surface area (Å²) in [6.07, 6.45) is 3.27. The fraction of sp³-hybridized carbons (Fsp3) is 1.00. The van der Waals surface area contributed by atoms with Crippen LogP contribution in [0.1, 0.15) is 40.0 Å². The molecule has 3 heteroatoms. The van der Waals surface area contributed by atoms with Crippen LogP contribution in [0.2, 0.25) is 0 Å². The number of hydrogen-bond donors (Lipinski definition) is 1. The second-order valence-electron chi connectivity index (χ2n) is 4.11. The zero-order chi connectivity index (χ0) is 9.90. The van der Waals surface area contributed by atoms with Crippen LogP contribution in [0.15, 0.2) is 0 Å². The molecular weight excluding hydrogens is 168 g/mol. The van der Waals surface area contributed by atoms with E-state index < -0.39 is 5.79 Å². The van der Waals surface area contributed by atoms with E-state index in [0.29, 0.717) is 6.10 Å². The molecule has 0 amide bonds. The van der Waals surface area contributed by atoms with E-state index in [4.69, 9.17) is 9.47 Å². The first-order valence-corrected chi connectivity index (χ1v) is 5.03. The summed E-state index contributed by atoms with van der Waals surface area (Å²) in [5.41, 5.74) is 0. The van der Waals surface area contributed by atoms with Crippen molar-refractivity contribution in [3.8, 4) is 0 Å². The summed E-state index contributed by atoms with van der Waals surface area (Å²) >= 11 is 0. The van der Waals surface area contributed by atoms with Gasteiger partial charge in [-0.05, 0) is 33.1 Å². The van der Waals surface area contributed by atoms with Crippen LogP contribution in [0.25, 0.3) is 0 Å². The van der Waals surface area contributed by atoms with Crippen molar-refractivity contribution in [1.29, 1.82) is 0 Å². The second kappa shape index (κ2) is 4.40. The van der Waals surface area contributed by atoms with E-state index in [-0.39, 0.29) is 6.10 Å². The maximum absolute atomic E-state index is 9.47. The van der Waals surface area contributed by atoms with Crippen molar-refractivity contribution in [3.63, 3.8) is 0 Å². The number of ether oxygens (including phenoxy) is 2. The average molecular weight is 188 g/mol. The molecule has 1 rings (SSSR count). The molecule has 1 saturated heterocycles. The topological polar surface area (TPSA) is 38.7 Å². The van der Waals surface area contributed by atoms with Gasteiger partial charge in [0.15, 0.2) is 5.79 Å². The third-order valence-corrected chi connectivity index (χ3v) is 2.23. The minimum atomic E-state index is -1.01. The van der Waals surface area contributed by atoms with Gasteiger partial charge in [0.05, 0.1) is 12.2 Å². The molecule has 1 fully saturated rings. The SMILES string of the molecule is CC[C@@H]1C[C@H](OC(C)(C)O)CCO1. The highest BCUT2D eigenvalue weighted by Crippen LogP contribution is 2.22. The van der Waals surface area contributed by atoms with Crippen LogP contribution < -0.4 is 0 Å². The Balaban J connectivity index is 2.34. The summed E-state index contributed by atoms with van der Waals surface area (Å²) in [4.78, 5) is 0. The standard InChI is InChI=1S/C10H20O3/c1-4-8-7-9(5-6-12-8)13-10(2,3)11/h8-9,11H,4-7H2,1-3H3/t8-,9-/m1/s1. The fourth-order valence-corrected chi connectivity index (χ4v) is 1.64. The molecular formula is C10H20O3. The summed E-state index contributed by atoms with van der Waals surface area (Å²) in [6, 6.07) is 0. The van der Waals surface area contributed by atoms with E-state index in [1.54, 1.807) is 13.8 Å². The normalized spacial score (nSPS) is 30.5. The van der Waals surface area contributed by atoms with Crippen LogP contribution in [0, 0.1) is 0 Å². The Bertz CT molecular complexity index is 151. The lowest BCUT2D eigenvalue weighted by Crippen LogP contribution is -2.37. The van der Waals surface area contributed by atoms with Gasteiger partial charge in [-0.2, -0.15) is 0 Å². The molecule has 0 aliphatic carbocycles. The number of hydrogen-bond acceptors (Lipinski definition) is 3. The first-order valence-electron chi connectivity index (χ1n) is 5.03. The lowest BCUT2D eigenvalue weighted by atomic mass is 10.0. The minimum Gasteiger partial charge on any atom is -0.378 e. The molecule has 2 atom stereocenters. The van der Waals surface area contributed by atoms with Gasteiger partial charge in [-0.1, -0.05) is 6.92 Å². The summed E-state index contributed by atoms with van der Waals surface area (Å²) in [7, 11) is 0. The van der Waals surface area contributed by atoms with Crippen molar-refractivity contribution in [2.45, 2.75) is 58.0 Å². The molecule has 1 aliphatic rings. The van der Waals surface area contributed by atoms with E-state index in [9.17, 15) is 5.11 Å². The van der Waals surface area contributed by atoms with Gasteiger partial charge in [-0.3, -0.25) is 0 Å². The Hall–Kier alpha value is -0.120. The largest absolute Gasteiger partial charge is 0.378 e. The van der Waals surface area contributed by atoms with Crippen molar-refractivity contribution in [2.75, 3.05) is 6.61 Å². The number of rotatable bonds is 3. The highest BCUT2D eigenvalue weighted by Gasteiger charge is 2.26. The lowest BCUT2D eigenvalue weighted by Gasteiger charge is -2.32. The Kier molecular flexibility index (Phi) is 3.71. The van der Waals surface area contributed by atoms with Crippen molar-refractivity contribution in [1.82, 2.24) is 0 Å². The lowest BCUT2D eigenvalue weighted by molar-refractivity contribution is -0.224. The van der Waals surface area contributed by atoms with Crippen LogP contribution >= 0.6 is 0 Å². The van der Waals surface area contributed by atoms with E-state index in [0.717, 1.165) is 25.9 Å². The molecule has 78 valence electrons. The van der Waals surface area contributed by atoms with Gasteiger partial charge in [0.25, 0.3) is 0 Å². The van der Waals surface area contributed by atoms with Gasteiger partial charge >= 0.3 is 0 Å². The molecule has 0 radical (unpaired) electrons. The zero-order valence-corrected chi connectivity index (χ0v) is 8.75. The van der Waals surface area contributed by atoms with Crippen LogP contribution in [-0.2, 0) is 9.47 Å². The van der Waals surface area contributed by atoms with Gasteiger partial charge in [0.1, 0.15) is 0 Å². The first kappa shape index (κ1) is 11.0. The van der Waals surface area contributed by atoms with Crippen molar-refractivity contribution >= 4 is 0 Å². The Morgan fingerprint density at radius 2 is 2.23 bits per heavy atom. The van der Waals surface area contributed by atoms with Crippen LogP contribution in [0.4, 0.5) is 0 Å². The molecule has 0 bridgehead atoms. The van der Waals surface area contributed by atoms with E-state index in [2.05, 4.69) is 6.92 Å². The highest BCUT2D eigenvalue weighted by molar-refractivity contribution is 4.72. The predicted octanol–water partition coefficient (Wildman–Crippen LogP) is 1.69. The molecule has 0 aromatic rings. The van der Waals surface area contributed by atoms with Crippen molar-refractivity contribution < 1.29 is 14.6 Å². The van der Waals surface area contributed by atoms with Crippen LogP contribution in [0.5, 0.6) is 0 Å². The third-order valence-electron chi connectivity index (χ3n) is 2.23. The molecule has 0 unspecified atom stereocenters. The molecule has 0 spiro atoms. The quantitative estimate of drug-likeness (QED) is 0.685. The molecule has 0 aromatic heterocycles. The molecule has 1 heterocycles. The summed E-state index contributed by atoms with van der Waals surface area (Å²) in [5.74, 6) is -1.01. The summed E-state index contributed by atoms with van der Waals surface area (Å²) in [5, 5.41) is 9.47. The van der Waals surface area contributed by atoms with Gasteiger partial charge < -0.3 is 14.6 Å². The Morgan fingerprint density at radius 1 is 1.54 bits per heavy atom. The van der Waals surface area contributed by atoms with Crippen molar-refractivity contribution in [2.24, 2.45) is 0 Å². The van der Waals surface area contributed by atoms with Crippen LogP contribution in [-0.4, -0.2) is 29.7 Å². The Labute approximate surface area is 80.0 Å². The fourth-order valence-electron chi connectivity index (χ4n) is 1.64.